The molecule has 0 saturated carbocycles. The number of amides is 5. The molecule has 3 atom stereocenters. The van der Waals surface area contributed by atoms with Gasteiger partial charge in [0, 0.05) is 38.7 Å². The molecule has 14 nitrogen and oxygen atoms in total. The predicted molar refractivity (Wildman–Crippen MR) is 180 cm³/mol. The predicted octanol–water partition coefficient (Wildman–Crippen LogP) is -0.192. The fraction of sp³-hybridized carbons (Fsp3) is 0.455. The van der Waals surface area contributed by atoms with Crippen molar-refractivity contribution in [2.45, 2.75) is 76.0 Å². The SMILES string of the molecule is CCC(NC(=O)C(CCCN=C(N)N)NC(=O)C(Cc1ccccc1)NC(=O)C1(NC(C)=O)CCN(c2ccccc2)CC1)C(N)=O. The van der Waals surface area contributed by atoms with Gasteiger partial charge in [0.1, 0.15) is 23.7 Å². The Bertz CT molecular complexity index is 1390. The van der Waals surface area contributed by atoms with Gasteiger partial charge in [-0.15, -0.1) is 0 Å². The van der Waals surface area contributed by atoms with Crippen LogP contribution in [0.25, 0.3) is 0 Å². The van der Waals surface area contributed by atoms with Crippen molar-refractivity contribution in [3.05, 3.63) is 66.2 Å². The van der Waals surface area contributed by atoms with Crippen LogP contribution in [0.2, 0.25) is 0 Å². The Morgan fingerprint density at radius 1 is 0.830 bits per heavy atom. The van der Waals surface area contributed by atoms with Gasteiger partial charge in [-0.1, -0.05) is 55.5 Å². The first-order valence-corrected chi connectivity index (χ1v) is 15.8. The molecule has 0 radical (unpaired) electrons. The van der Waals surface area contributed by atoms with E-state index in [9.17, 15) is 24.0 Å². The zero-order valence-electron chi connectivity index (χ0n) is 27.0. The molecule has 1 aliphatic heterocycles. The fourth-order valence-corrected chi connectivity index (χ4v) is 5.58. The number of guanidine groups is 1. The van der Waals surface area contributed by atoms with Gasteiger partial charge in [0.05, 0.1) is 0 Å². The summed E-state index contributed by atoms with van der Waals surface area (Å²) in [5, 5.41) is 11.1. The lowest BCUT2D eigenvalue weighted by Crippen LogP contribution is -2.66. The van der Waals surface area contributed by atoms with E-state index in [1.807, 2.05) is 60.7 Å². The Hall–Kier alpha value is -5.14. The van der Waals surface area contributed by atoms with Crippen LogP contribution >= 0.6 is 0 Å². The summed E-state index contributed by atoms with van der Waals surface area (Å²) >= 11 is 0. The smallest absolute Gasteiger partial charge is 0.246 e. The Morgan fingerprint density at radius 3 is 1.96 bits per heavy atom. The minimum absolute atomic E-state index is 0.108. The van der Waals surface area contributed by atoms with E-state index in [-0.39, 0.29) is 37.7 Å². The van der Waals surface area contributed by atoms with Crippen molar-refractivity contribution in [3.8, 4) is 0 Å². The molecule has 0 aromatic heterocycles. The number of nitrogens with two attached hydrogens (primary N) is 3. The molecular formula is C33H47N9O5. The Kier molecular flexibility index (Phi) is 13.5. The molecular weight excluding hydrogens is 602 g/mol. The standard InChI is InChI=1S/C33H47N9O5/c1-3-25(28(34)44)38-29(45)26(15-10-18-37-32(35)36)39-30(46)27(21-23-11-6-4-7-12-23)40-31(47)33(41-22(2)43)16-19-42(20-17-33)24-13-8-5-9-14-24/h4-9,11-14,25-27H,3,10,15-21H2,1-2H3,(H2,34,44)(H,38,45)(H,39,46)(H,40,47)(H,41,43)(H4,35,36,37). The van der Waals surface area contributed by atoms with E-state index in [0.717, 1.165) is 11.3 Å². The molecule has 14 heteroatoms. The van der Waals surface area contributed by atoms with Gasteiger partial charge in [0.25, 0.3) is 0 Å². The molecule has 254 valence electrons. The second kappa shape index (κ2) is 17.5. The van der Waals surface area contributed by atoms with Crippen LogP contribution in [0, 0.1) is 0 Å². The molecule has 2 aromatic carbocycles. The summed E-state index contributed by atoms with van der Waals surface area (Å²) in [5.74, 6) is -2.90. The zero-order valence-corrected chi connectivity index (χ0v) is 27.0. The number of hydrogen-bond donors (Lipinski definition) is 7. The van der Waals surface area contributed by atoms with E-state index < -0.39 is 47.3 Å². The van der Waals surface area contributed by atoms with Crippen molar-refractivity contribution in [1.29, 1.82) is 0 Å². The highest BCUT2D eigenvalue weighted by molar-refractivity contribution is 5.97. The number of carbonyl (C=O) groups excluding carboxylic acids is 5. The first kappa shape index (κ1) is 36.3. The number of hydrogen-bond acceptors (Lipinski definition) is 7. The lowest BCUT2D eigenvalue weighted by Gasteiger charge is -2.42. The normalized spacial score (nSPS) is 15.7. The number of para-hydroxylation sites is 1. The van der Waals surface area contributed by atoms with Crippen molar-refractivity contribution in [2.75, 3.05) is 24.5 Å². The molecule has 1 fully saturated rings. The van der Waals surface area contributed by atoms with Gasteiger partial charge in [-0.05, 0) is 49.8 Å². The third-order valence-electron chi connectivity index (χ3n) is 8.14. The summed E-state index contributed by atoms with van der Waals surface area (Å²) in [7, 11) is 0. The van der Waals surface area contributed by atoms with Crippen LogP contribution in [0.4, 0.5) is 5.69 Å². The van der Waals surface area contributed by atoms with Crippen LogP contribution < -0.4 is 43.4 Å². The summed E-state index contributed by atoms with van der Waals surface area (Å²) in [4.78, 5) is 71.5. The van der Waals surface area contributed by atoms with Crippen LogP contribution in [0.3, 0.4) is 0 Å². The summed E-state index contributed by atoms with van der Waals surface area (Å²) in [6.45, 7) is 4.27. The number of anilines is 1. The number of carbonyl (C=O) groups is 5. The van der Waals surface area contributed by atoms with Crippen LogP contribution in [0.15, 0.2) is 65.7 Å². The maximum atomic E-state index is 14.1. The maximum Gasteiger partial charge on any atom is 0.246 e. The lowest BCUT2D eigenvalue weighted by molar-refractivity contribution is -0.137. The van der Waals surface area contributed by atoms with Gasteiger partial charge in [-0.3, -0.25) is 29.0 Å². The highest BCUT2D eigenvalue weighted by Crippen LogP contribution is 2.27. The Morgan fingerprint density at radius 2 is 1.40 bits per heavy atom. The van der Waals surface area contributed by atoms with E-state index in [4.69, 9.17) is 17.2 Å². The molecule has 1 aliphatic rings. The third kappa shape index (κ3) is 11.0. The molecule has 1 saturated heterocycles. The summed E-state index contributed by atoms with van der Waals surface area (Å²) in [6, 6.07) is 15.8. The van der Waals surface area contributed by atoms with Crippen LogP contribution in [-0.4, -0.2) is 78.8 Å². The second-order valence-corrected chi connectivity index (χ2v) is 11.7. The number of benzene rings is 2. The van der Waals surface area contributed by atoms with Gasteiger partial charge in [-0.2, -0.15) is 0 Å². The zero-order chi connectivity index (χ0) is 34.4. The van der Waals surface area contributed by atoms with Gasteiger partial charge in [0.15, 0.2) is 5.96 Å². The first-order chi connectivity index (χ1) is 22.4. The maximum absolute atomic E-state index is 14.1. The minimum atomic E-state index is -1.25. The average Bonchev–Trinajstić information content (AvgIpc) is 3.05. The number of aliphatic imine (C=N–C) groups is 1. The Labute approximate surface area is 275 Å². The third-order valence-corrected chi connectivity index (χ3v) is 8.14. The monoisotopic (exact) mass is 649 g/mol. The highest BCUT2D eigenvalue weighted by Gasteiger charge is 2.43. The van der Waals surface area contributed by atoms with Crippen molar-refractivity contribution in [1.82, 2.24) is 21.3 Å². The van der Waals surface area contributed by atoms with Gasteiger partial charge >= 0.3 is 0 Å². The van der Waals surface area contributed by atoms with Crippen LogP contribution in [0.5, 0.6) is 0 Å². The highest BCUT2D eigenvalue weighted by atomic mass is 16.2. The quantitative estimate of drug-likeness (QED) is 0.0731. The molecule has 0 spiro atoms. The fourth-order valence-electron chi connectivity index (χ4n) is 5.58. The lowest BCUT2D eigenvalue weighted by atomic mass is 9.85. The van der Waals surface area contributed by atoms with Crippen molar-refractivity contribution in [2.24, 2.45) is 22.2 Å². The summed E-state index contributed by atoms with van der Waals surface area (Å²) in [6.07, 6.45) is 1.48. The van der Waals surface area contributed by atoms with Gasteiger partial charge in [-0.25, -0.2) is 0 Å². The largest absolute Gasteiger partial charge is 0.371 e. The van der Waals surface area contributed by atoms with Crippen LogP contribution in [-0.2, 0) is 30.4 Å². The van der Waals surface area contributed by atoms with Crippen molar-refractivity contribution in [3.63, 3.8) is 0 Å². The summed E-state index contributed by atoms with van der Waals surface area (Å²) < 4.78 is 0. The van der Waals surface area contributed by atoms with E-state index in [2.05, 4.69) is 31.2 Å². The molecule has 2 aromatic rings. The van der Waals surface area contributed by atoms with Crippen molar-refractivity contribution >= 4 is 41.2 Å². The number of nitrogens with zero attached hydrogens (tertiary/aromatic N) is 2. The molecule has 47 heavy (non-hydrogen) atoms. The number of nitrogens with one attached hydrogen (secondary N) is 4. The van der Waals surface area contributed by atoms with Gasteiger partial charge in [0.2, 0.25) is 29.5 Å². The molecule has 10 N–H and O–H groups in total. The van der Waals surface area contributed by atoms with Gasteiger partial charge < -0.3 is 43.4 Å². The summed E-state index contributed by atoms with van der Waals surface area (Å²) in [5.41, 5.74) is 16.8. The first-order valence-electron chi connectivity index (χ1n) is 15.8. The number of piperidine rings is 1. The average molecular weight is 650 g/mol. The van der Waals surface area contributed by atoms with E-state index in [1.165, 1.54) is 6.92 Å². The number of rotatable bonds is 16. The van der Waals surface area contributed by atoms with E-state index in [0.29, 0.717) is 32.4 Å². The van der Waals surface area contributed by atoms with Crippen LogP contribution in [0.1, 0.15) is 51.5 Å². The number of primary amides is 1. The topological polar surface area (TPSA) is 227 Å². The van der Waals surface area contributed by atoms with E-state index >= 15 is 0 Å². The van der Waals surface area contributed by atoms with Crippen molar-refractivity contribution < 1.29 is 24.0 Å². The molecule has 3 rings (SSSR count). The second-order valence-electron chi connectivity index (χ2n) is 11.7. The molecule has 1 heterocycles. The minimum Gasteiger partial charge on any atom is -0.371 e. The molecule has 0 bridgehead atoms. The molecule has 3 unspecified atom stereocenters. The molecule has 5 amide bonds. The van der Waals surface area contributed by atoms with E-state index in [1.54, 1.807) is 6.92 Å². The Balaban J connectivity index is 1.85. The molecule has 0 aliphatic carbocycles.